The number of nitrogens with zero attached hydrogens (tertiary/aromatic N) is 1. The summed E-state index contributed by atoms with van der Waals surface area (Å²) in [6, 6.07) is 19.8. The second-order valence-corrected chi connectivity index (χ2v) is 8.48. The SMILES string of the molecule is CC1NNC(c2ccc(OCc3ccc([N+](=O)[O-])cc3)cc2O)C1c1ccc(Br)cc1. The molecule has 0 radical (unpaired) electrons. The Morgan fingerprint density at radius 2 is 1.77 bits per heavy atom. The van der Waals surface area contributed by atoms with E-state index in [0.717, 1.165) is 15.6 Å². The number of aromatic hydroxyl groups is 1. The summed E-state index contributed by atoms with van der Waals surface area (Å²) in [5.74, 6) is 0.821. The van der Waals surface area contributed by atoms with Gasteiger partial charge in [-0.3, -0.25) is 15.5 Å². The summed E-state index contributed by atoms with van der Waals surface area (Å²) in [7, 11) is 0. The van der Waals surface area contributed by atoms with Gasteiger partial charge in [-0.1, -0.05) is 34.1 Å². The zero-order chi connectivity index (χ0) is 22.0. The van der Waals surface area contributed by atoms with Gasteiger partial charge in [0.1, 0.15) is 18.1 Å². The van der Waals surface area contributed by atoms with Crippen LogP contribution >= 0.6 is 15.9 Å². The number of benzene rings is 3. The molecule has 7 nitrogen and oxygen atoms in total. The highest BCUT2D eigenvalue weighted by molar-refractivity contribution is 9.10. The summed E-state index contributed by atoms with van der Waals surface area (Å²) >= 11 is 3.48. The largest absolute Gasteiger partial charge is 0.507 e. The summed E-state index contributed by atoms with van der Waals surface area (Å²) in [6.07, 6.45) is 0. The highest BCUT2D eigenvalue weighted by atomic mass is 79.9. The van der Waals surface area contributed by atoms with Crippen LogP contribution in [0.4, 0.5) is 5.69 Å². The molecule has 0 aromatic heterocycles. The number of hydrogen-bond acceptors (Lipinski definition) is 6. The minimum atomic E-state index is -0.435. The number of phenols is 1. The van der Waals surface area contributed by atoms with Gasteiger partial charge in [-0.25, -0.2) is 5.43 Å². The molecule has 1 heterocycles. The van der Waals surface area contributed by atoms with Crippen LogP contribution in [-0.2, 0) is 6.61 Å². The van der Waals surface area contributed by atoms with Crippen LogP contribution in [0.3, 0.4) is 0 Å². The molecule has 0 saturated carbocycles. The van der Waals surface area contributed by atoms with Gasteiger partial charge in [0.05, 0.1) is 11.0 Å². The van der Waals surface area contributed by atoms with Crippen molar-refractivity contribution in [2.24, 2.45) is 0 Å². The van der Waals surface area contributed by atoms with Gasteiger partial charge in [-0.2, -0.15) is 0 Å². The van der Waals surface area contributed by atoms with Crippen LogP contribution in [0.15, 0.2) is 71.2 Å². The average Bonchev–Trinajstić information content (AvgIpc) is 3.14. The first-order chi connectivity index (χ1) is 14.9. The van der Waals surface area contributed by atoms with Crippen molar-refractivity contribution in [2.45, 2.75) is 31.5 Å². The van der Waals surface area contributed by atoms with E-state index in [9.17, 15) is 15.2 Å². The topological polar surface area (TPSA) is 96.7 Å². The highest BCUT2D eigenvalue weighted by Gasteiger charge is 2.36. The van der Waals surface area contributed by atoms with Crippen molar-refractivity contribution >= 4 is 21.6 Å². The molecule has 1 fully saturated rings. The predicted molar refractivity (Wildman–Crippen MR) is 121 cm³/mol. The molecule has 1 aliphatic heterocycles. The first kappa shape index (κ1) is 21.3. The molecule has 160 valence electrons. The molecular formula is C23H22BrN3O4. The van der Waals surface area contributed by atoms with Crippen molar-refractivity contribution in [1.29, 1.82) is 0 Å². The van der Waals surface area contributed by atoms with Crippen LogP contribution in [0.5, 0.6) is 11.5 Å². The van der Waals surface area contributed by atoms with Crippen LogP contribution in [0.2, 0.25) is 0 Å². The number of nitrogens with one attached hydrogen (secondary N) is 2. The minimum Gasteiger partial charge on any atom is -0.507 e. The molecule has 31 heavy (non-hydrogen) atoms. The van der Waals surface area contributed by atoms with Gasteiger partial charge in [-0.15, -0.1) is 0 Å². The number of rotatable bonds is 6. The normalized spacial score (nSPS) is 20.5. The van der Waals surface area contributed by atoms with E-state index in [4.69, 9.17) is 4.74 Å². The van der Waals surface area contributed by atoms with Crippen molar-refractivity contribution in [3.63, 3.8) is 0 Å². The summed E-state index contributed by atoms with van der Waals surface area (Å²) < 4.78 is 6.79. The minimum absolute atomic E-state index is 0.0398. The summed E-state index contributed by atoms with van der Waals surface area (Å²) in [5.41, 5.74) is 9.39. The third-order valence-electron chi connectivity index (χ3n) is 5.51. The van der Waals surface area contributed by atoms with Crippen LogP contribution in [0.25, 0.3) is 0 Å². The fourth-order valence-corrected chi connectivity index (χ4v) is 4.15. The lowest BCUT2D eigenvalue weighted by molar-refractivity contribution is -0.384. The van der Waals surface area contributed by atoms with Crippen LogP contribution < -0.4 is 15.6 Å². The molecule has 1 aliphatic rings. The standard InChI is InChI=1S/C23H22BrN3O4/c1-14-22(16-4-6-17(24)7-5-16)23(26-25-14)20-11-10-19(12-21(20)28)31-13-15-2-8-18(9-3-15)27(29)30/h2-12,14,22-23,25-26,28H,13H2,1H3. The molecule has 0 bridgehead atoms. The lowest BCUT2D eigenvalue weighted by atomic mass is 9.84. The molecule has 0 aliphatic carbocycles. The molecule has 3 aromatic carbocycles. The number of phenolic OH excluding ortho intramolecular Hbond substituents is 1. The Hall–Kier alpha value is -2.94. The van der Waals surface area contributed by atoms with Crippen molar-refractivity contribution in [2.75, 3.05) is 0 Å². The Balaban J connectivity index is 1.48. The Morgan fingerprint density at radius 3 is 2.42 bits per heavy atom. The molecule has 8 heteroatoms. The Morgan fingerprint density at radius 1 is 1.06 bits per heavy atom. The quantitative estimate of drug-likeness (QED) is 0.338. The van der Waals surface area contributed by atoms with Gasteiger partial charge >= 0.3 is 0 Å². The lowest BCUT2D eigenvalue weighted by Crippen LogP contribution is -2.29. The maximum atomic E-state index is 10.8. The van der Waals surface area contributed by atoms with Crippen LogP contribution in [0, 0.1) is 10.1 Å². The molecular weight excluding hydrogens is 462 g/mol. The maximum absolute atomic E-state index is 10.8. The Kier molecular flexibility index (Phi) is 6.22. The van der Waals surface area contributed by atoms with E-state index >= 15 is 0 Å². The smallest absolute Gasteiger partial charge is 0.269 e. The van der Waals surface area contributed by atoms with E-state index < -0.39 is 4.92 Å². The third-order valence-corrected chi connectivity index (χ3v) is 6.04. The van der Waals surface area contributed by atoms with Crippen molar-refractivity contribution in [3.8, 4) is 11.5 Å². The molecule has 3 atom stereocenters. The molecule has 3 unspecified atom stereocenters. The molecule has 0 spiro atoms. The highest BCUT2D eigenvalue weighted by Crippen LogP contribution is 2.41. The van der Waals surface area contributed by atoms with Gasteiger partial charge in [-0.05, 0) is 48.4 Å². The third kappa shape index (κ3) is 4.71. The van der Waals surface area contributed by atoms with Gasteiger partial charge in [0.2, 0.25) is 0 Å². The molecule has 1 saturated heterocycles. The number of hydrazine groups is 1. The first-order valence-corrected chi connectivity index (χ1v) is 10.7. The Bertz CT molecular complexity index is 1070. The van der Waals surface area contributed by atoms with Crippen LogP contribution in [0.1, 0.15) is 35.6 Å². The van der Waals surface area contributed by atoms with E-state index in [1.54, 1.807) is 18.2 Å². The number of ether oxygens (including phenoxy) is 1. The predicted octanol–water partition coefficient (Wildman–Crippen LogP) is 4.96. The summed E-state index contributed by atoms with van der Waals surface area (Å²) in [5, 5.41) is 21.5. The maximum Gasteiger partial charge on any atom is 0.269 e. The van der Waals surface area contributed by atoms with Gasteiger partial charge in [0.15, 0.2) is 0 Å². The second-order valence-electron chi connectivity index (χ2n) is 7.57. The summed E-state index contributed by atoms with van der Waals surface area (Å²) in [6.45, 7) is 2.36. The van der Waals surface area contributed by atoms with Crippen LogP contribution in [-0.4, -0.2) is 16.1 Å². The summed E-state index contributed by atoms with van der Waals surface area (Å²) in [4.78, 5) is 10.3. The fourth-order valence-electron chi connectivity index (χ4n) is 3.88. The fraction of sp³-hybridized carbons (Fsp3) is 0.217. The van der Waals surface area contributed by atoms with Crippen molar-refractivity contribution in [1.82, 2.24) is 10.9 Å². The average molecular weight is 484 g/mol. The zero-order valence-electron chi connectivity index (χ0n) is 16.8. The first-order valence-electron chi connectivity index (χ1n) is 9.88. The van der Waals surface area contributed by atoms with E-state index in [0.29, 0.717) is 5.75 Å². The van der Waals surface area contributed by atoms with Gasteiger partial charge in [0.25, 0.3) is 5.69 Å². The van der Waals surface area contributed by atoms with E-state index in [1.807, 2.05) is 24.3 Å². The number of non-ortho nitro benzene ring substituents is 1. The monoisotopic (exact) mass is 483 g/mol. The van der Waals surface area contributed by atoms with Gasteiger partial charge < -0.3 is 9.84 Å². The Labute approximate surface area is 188 Å². The number of nitro groups is 1. The molecule has 0 amide bonds. The van der Waals surface area contributed by atoms with Gasteiger partial charge in [0, 0.05) is 40.2 Å². The number of hydrogen-bond donors (Lipinski definition) is 3. The number of nitro benzene ring substituents is 1. The van der Waals surface area contributed by atoms with Crippen molar-refractivity contribution in [3.05, 3.63) is 98.0 Å². The second kappa shape index (κ2) is 9.05. The molecule has 3 N–H and O–H groups in total. The molecule has 4 rings (SSSR count). The van der Waals surface area contributed by atoms with E-state index in [2.05, 4.69) is 45.8 Å². The number of halogens is 1. The molecule has 3 aromatic rings. The zero-order valence-corrected chi connectivity index (χ0v) is 18.4. The van der Waals surface area contributed by atoms with E-state index in [-0.39, 0.29) is 36.0 Å². The van der Waals surface area contributed by atoms with E-state index in [1.165, 1.54) is 17.7 Å². The lowest BCUT2D eigenvalue weighted by Gasteiger charge is -2.23. The van der Waals surface area contributed by atoms with Crippen molar-refractivity contribution < 1.29 is 14.8 Å².